The Labute approximate surface area is 144 Å². The number of hydrogen-bond donors (Lipinski definition) is 0. The van der Waals surface area contributed by atoms with Gasteiger partial charge in [-0.3, -0.25) is 4.79 Å². The van der Waals surface area contributed by atoms with Gasteiger partial charge < -0.3 is 9.64 Å². The Morgan fingerprint density at radius 3 is 2.57 bits per heavy atom. The van der Waals surface area contributed by atoms with Crippen molar-refractivity contribution in [3.8, 4) is 11.5 Å². The molecule has 0 atom stereocenters. The van der Waals surface area contributed by atoms with Crippen LogP contribution in [-0.4, -0.2) is 23.9 Å². The molecule has 0 spiro atoms. The van der Waals surface area contributed by atoms with Crippen molar-refractivity contribution in [2.75, 3.05) is 13.1 Å². The van der Waals surface area contributed by atoms with Crippen LogP contribution < -0.4 is 4.74 Å². The summed E-state index contributed by atoms with van der Waals surface area (Å²) < 4.78 is 6.87. The second-order valence-electron chi connectivity index (χ2n) is 5.60. The number of carbonyl (C=O) groups is 1. The number of piperidine rings is 1. The van der Waals surface area contributed by atoms with Crippen LogP contribution in [0.25, 0.3) is 0 Å². The molecule has 4 heteroatoms. The van der Waals surface area contributed by atoms with E-state index in [1.54, 1.807) is 0 Å². The standard InChI is InChI=1S/C19H18BrNO2/c1-14-9-11-21(12-10-14)19(22)17-7-2-3-8-18(17)23-16-6-4-5-15(20)13-16/h2-8,13H,1,9-12H2. The SMILES string of the molecule is C=C1CCN(C(=O)c2ccccc2Oc2cccc(Br)c2)CC1. The molecule has 1 aliphatic rings. The fourth-order valence-electron chi connectivity index (χ4n) is 2.59. The van der Waals surface area contributed by atoms with Crippen LogP contribution in [0.5, 0.6) is 11.5 Å². The summed E-state index contributed by atoms with van der Waals surface area (Å²) in [7, 11) is 0. The van der Waals surface area contributed by atoms with E-state index in [0.29, 0.717) is 17.1 Å². The predicted octanol–water partition coefficient (Wildman–Crippen LogP) is 5.03. The number of rotatable bonds is 3. The van der Waals surface area contributed by atoms with Crippen molar-refractivity contribution in [3.05, 3.63) is 70.7 Å². The van der Waals surface area contributed by atoms with Crippen molar-refractivity contribution in [1.82, 2.24) is 4.90 Å². The molecule has 1 heterocycles. The van der Waals surface area contributed by atoms with Gasteiger partial charge in [-0.15, -0.1) is 0 Å². The smallest absolute Gasteiger partial charge is 0.257 e. The summed E-state index contributed by atoms with van der Waals surface area (Å²) in [5.74, 6) is 1.30. The third kappa shape index (κ3) is 3.82. The van der Waals surface area contributed by atoms with E-state index < -0.39 is 0 Å². The average molecular weight is 372 g/mol. The molecule has 1 fully saturated rings. The Hall–Kier alpha value is -2.07. The molecule has 0 radical (unpaired) electrons. The summed E-state index contributed by atoms with van der Waals surface area (Å²) in [5.41, 5.74) is 1.81. The maximum atomic E-state index is 12.8. The monoisotopic (exact) mass is 371 g/mol. The lowest BCUT2D eigenvalue weighted by atomic mass is 10.0. The molecular formula is C19H18BrNO2. The number of hydrogen-bond acceptors (Lipinski definition) is 2. The van der Waals surface area contributed by atoms with E-state index in [1.807, 2.05) is 53.4 Å². The number of amides is 1. The number of para-hydroxylation sites is 1. The Morgan fingerprint density at radius 1 is 1.09 bits per heavy atom. The number of halogens is 1. The zero-order valence-corrected chi connectivity index (χ0v) is 14.4. The van der Waals surface area contributed by atoms with Gasteiger partial charge in [-0.2, -0.15) is 0 Å². The summed E-state index contributed by atoms with van der Waals surface area (Å²) in [6.45, 7) is 5.45. The van der Waals surface area contributed by atoms with Crippen molar-refractivity contribution >= 4 is 21.8 Å². The molecule has 0 aromatic heterocycles. The number of ether oxygens (including phenoxy) is 1. The van der Waals surface area contributed by atoms with Crippen molar-refractivity contribution in [2.45, 2.75) is 12.8 Å². The van der Waals surface area contributed by atoms with Gasteiger partial charge in [0.05, 0.1) is 5.56 Å². The maximum Gasteiger partial charge on any atom is 0.257 e. The van der Waals surface area contributed by atoms with Gasteiger partial charge in [0.15, 0.2) is 0 Å². The van der Waals surface area contributed by atoms with Crippen LogP contribution in [0.3, 0.4) is 0 Å². The van der Waals surface area contributed by atoms with E-state index in [0.717, 1.165) is 30.4 Å². The van der Waals surface area contributed by atoms with Gasteiger partial charge in [-0.1, -0.05) is 46.3 Å². The molecule has 1 aliphatic heterocycles. The highest BCUT2D eigenvalue weighted by Gasteiger charge is 2.22. The summed E-state index contributed by atoms with van der Waals surface area (Å²) in [6.07, 6.45) is 1.75. The van der Waals surface area contributed by atoms with E-state index in [2.05, 4.69) is 22.5 Å². The molecule has 23 heavy (non-hydrogen) atoms. The molecule has 1 amide bonds. The first-order valence-corrected chi connectivity index (χ1v) is 8.41. The Balaban J connectivity index is 1.83. The Kier molecular flexibility index (Phi) is 4.82. The molecule has 2 aromatic carbocycles. The van der Waals surface area contributed by atoms with E-state index in [4.69, 9.17) is 4.74 Å². The number of benzene rings is 2. The summed E-state index contributed by atoms with van der Waals surface area (Å²) in [4.78, 5) is 14.7. The second kappa shape index (κ2) is 7.01. The highest BCUT2D eigenvalue weighted by Crippen LogP contribution is 2.29. The Morgan fingerprint density at radius 2 is 1.83 bits per heavy atom. The largest absolute Gasteiger partial charge is 0.456 e. The lowest BCUT2D eigenvalue weighted by Gasteiger charge is -2.28. The average Bonchev–Trinajstić information content (AvgIpc) is 2.55. The molecule has 0 unspecified atom stereocenters. The summed E-state index contributed by atoms with van der Waals surface area (Å²) >= 11 is 3.43. The lowest BCUT2D eigenvalue weighted by Crippen LogP contribution is -2.36. The highest BCUT2D eigenvalue weighted by atomic mass is 79.9. The van der Waals surface area contributed by atoms with Gasteiger partial charge in [-0.05, 0) is 43.2 Å². The molecule has 118 valence electrons. The topological polar surface area (TPSA) is 29.5 Å². The predicted molar refractivity (Wildman–Crippen MR) is 94.9 cm³/mol. The van der Waals surface area contributed by atoms with Crippen molar-refractivity contribution < 1.29 is 9.53 Å². The van der Waals surface area contributed by atoms with Crippen molar-refractivity contribution in [1.29, 1.82) is 0 Å². The van der Waals surface area contributed by atoms with E-state index in [-0.39, 0.29) is 5.91 Å². The molecular weight excluding hydrogens is 354 g/mol. The first kappa shape index (κ1) is 15.8. The lowest BCUT2D eigenvalue weighted by molar-refractivity contribution is 0.0741. The molecule has 0 aliphatic carbocycles. The quantitative estimate of drug-likeness (QED) is 0.707. The minimum Gasteiger partial charge on any atom is -0.456 e. The highest BCUT2D eigenvalue weighted by molar-refractivity contribution is 9.10. The van der Waals surface area contributed by atoms with E-state index in [9.17, 15) is 4.79 Å². The minimum absolute atomic E-state index is 0.0168. The first-order valence-electron chi connectivity index (χ1n) is 7.62. The number of nitrogens with zero attached hydrogens (tertiary/aromatic N) is 1. The van der Waals surface area contributed by atoms with Crippen LogP contribution in [0, 0.1) is 0 Å². The van der Waals surface area contributed by atoms with Gasteiger partial charge in [-0.25, -0.2) is 0 Å². The van der Waals surface area contributed by atoms with Crippen molar-refractivity contribution in [3.63, 3.8) is 0 Å². The van der Waals surface area contributed by atoms with Gasteiger partial charge >= 0.3 is 0 Å². The fourth-order valence-corrected chi connectivity index (χ4v) is 2.96. The molecule has 2 aromatic rings. The van der Waals surface area contributed by atoms with Gasteiger partial charge in [0.25, 0.3) is 5.91 Å². The normalized spacial score (nSPS) is 14.7. The summed E-state index contributed by atoms with van der Waals surface area (Å²) in [5, 5.41) is 0. The van der Waals surface area contributed by atoms with Gasteiger partial charge in [0.2, 0.25) is 0 Å². The van der Waals surface area contributed by atoms with Crippen LogP contribution in [-0.2, 0) is 0 Å². The van der Waals surface area contributed by atoms with Crippen LogP contribution in [0.1, 0.15) is 23.2 Å². The fraction of sp³-hybridized carbons (Fsp3) is 0.211. The van der Waals surface area contributed by atoms with E-state index >= 15 is 0 Å². The first-order chi connectivity index (χ1) is 11.1. The zero-order valence-electron chi connectivity index (χ0n) is 12.8. The van der Waals surface area contributed by atoms with Gasteiger partial charge in [0.1, 0.15) is 11.5 Å². The number of likely N-dealkylation sites (tertiary alicyclic amines) is 1. The van der Waals surface area contributed by atoms with Crippen LogP contribution in [0.4, 0.5) is 0 Å². The van der Waals surface area contributed by atoms with Crippen LogP contribution >= 0.6 is 15.9 Å². The van der Waals surface area contributed by atoms with Crippen molar-refractivity contribution in [2.24, 2.45) is 0 Å². The Bertz CT molecular complexity index is 732. The second-order valence-corrected chi connectivity index (χ2v) is 6.51. The van der Waals surface area contributed by atoms with Gasteiger partial charge in [0, 0.05) is 17.6 Å². The molecule has 1 saturated heterocycles. The van der Waals surface area contributed by atoms with E-state index in [1.165, 1.54) is 5.57 Å². The number of carbonyl (C=O) groups excluding carboxylic acids is 1. The third-order valence-electron chi connectivity index (χ3n) is 3.90. The minimum atomic E-state index is 0.0168. The third-order valence-corrected chi connectivity index (χ3v) is 4.39. The van der Waals surface area contributed by atoms with Crippen LogP contribution in [0.2, 0.25) is 0 Å². The molecule has 3 nitrogen and oxygen atoms in total. The van der Waals surface area contributed by atoms with Crippen LogP contribution in [0.15, 0.2) is 65.2 Å². The molecule has 0 saturated carbocycles. The molecule has 3 rings (SSSR count). The summed E-state index contributed by atoms with van der Waals surface area (Å²) in [6, 6.07) is 15.0. The molecule has 0 bridgehead atoms. The maximum absolute atomic E-state index is 12.8. The molecule has 0 N–H and O–H groups in total. The zero-order chi connectivity index (χ0) is 16.2.